The van der Waals surface area contributed by atoms with Crippen molar-refractivity contribution < 1.29 is 8.42 Å². The Labute approximate surface area is 119 Å². The molecule has 18 heavy (non-hydrogen) atoms. The molecule has 0 radical (unpaired) electrons. The van der Waals surface area contributed by atoms with Gasteiger partial charge in [0.05, 0.1) is 15.6 Å². The minimum Gasteiger partial charge on any atom is -0.278 e. The third-order valence-electron chi connectivity index (χ3n) is 2.23. The van der Waals surface area contributed by atoms with Crippen LogP contribution in [0.15, 0.2) is 57.9 Å². The van der Waals surface area contributed by atoms with Crippen LogP contribution in [0.25, 0.3) is 0 Å². The van der Waals surface area contributed by atoms with Crippen LogP contribution in [-0.4, -0.2) is 8.42 Å². The average molecular weight is 347 g/mol. The van der Waals surface area contributed by atoms with Crippen LogP contribution in [0.5, 0.6) is 0 Å². The quantitative estimate of drug-likeness (QED) is 0.916. The van der Waals surface area contributed by atoms with Crippen molar-refractivity contribution in [2.24, 2.45) is 0 Å². The van der Waals surface area contributed by atoms with Crippen LogP contribution in [0.2, 0.25) is 5.02 Å². The van der Waals surface area contributed by atoms with Crippen LogP contribution in [-0.2, 0) is 10.0 Å². The van der Waals surface area contributed by atoms with Crippen molar-refractivity contribution in [3.8, 4) is 0 Å². The van der Waals surface area contributed by atoms with E-state index in [0.29, 0.717) is 10.7 Å². The molecule has 0 amide bonds. The van der Waals surface area contributed by atoms with Crippen molar-refractivity contribution >= 4 is 43.2 Å². The topological polar surface area (TPSA) is 46.2 Å². The predicted octanol–water partition coefficient (Wildman–Crippen LogP) is 3.90. The van der Waals surface area contributed by atoms with Gasteiger partial charge >= 0.3 is 0 Å². The summed E-state index contributed by atoms with van der Waals surface area (Å²) in [5.41, 5.74) is 0.351. The van der Waals surface area contributed by atoms with E-state index in [1.54, 1.807) is 36.4 Å². The van der Waals surface area contributed by atoms with Gasteiger partial charge in [0.25, 0.3) is 10.0 Å². The fourth-order valence-corrected chi connectivity index (χ4v) is 3.25. The fourth-order valence-electron chi connectivity index (χ4n) is 1.38. The summed E-state index contributed by atoms with van der Waals surface area (Å²) < 4.78 is 27.4. The maximum absolute atomic E-state index is 12.1. The number of hydrogen-bond donors (Lipinski definition) is 1. The van der Waals surface area contributed by atoms with Gasteiger partial charge in [-0.25, -0.2) is 8.42 Å². The molecule has 0 fully saturated rings. The minimum absolute atomic E-state index is 0.198. The van der Waals surface area contributed by atoms with Crippen molar-refractivity contribution in [3.63, 3.8) is 0 Å². The Hall–Kier alpha value is -1.04. The summed E-state index contributed by atoms with van der Waals surface area (Å²) in [4.78, 5) is 0.198. The largest absolute Gasteiger partial charge is 0.278 e. The van der Waals surface area contributed by atoms with Crippen molar-refractivity contribution in [2.45, 2.75) is 4.90 Å². The van der Waals surface area contributed by atoms with Crippen molar-refractivity contribution in [1.29, 1.82) is 0 Å². The van der Waals surface area contributed by atoms with Crippen molar-refractivity contribution in [3.05, 3.63) is 58.0 Å². The molecule has 2 aromatic carbocycles. The maximum atomic E-state index is 12.1. The highest BCUT2D eigenvalue weighted by atomic mass is 79.9. The van der Waals surface area contributed by atoms with E-state index < -0.39 is 10.0 Å². The lowest BCUT2D eigenvalue weighted by Crippen LogP contribution is -2.13. The maximum Gasteiger partial charge on any atom is 0.261 e. The molecule has 2 rings (SSSR count). The molecule has 0 saturated heterocycles. The summed E-state index contributed by atoms with van der Waals surface area (Å²) in [6.07, 6.45) is 0. The lowest BCUT2D eigenvalue weighted by Gasteiger charge is -2.09. The molecule has 6 heteroatoms. The van der Waals surface area contributed by atoms with Crippen LogP contribution in [0.4, 0.5) is 5.69 Å². The zero-order valence-electron chi connectivity index (χ0n) is 9.10. The molecular weight excluding hydrogens is 338 g/mol. The minimum atomic E-state index is -3.60. The highest BCUT2D eigenvalue weighted by Crippen LogP contribution is 2.27. The first-order valence-corrected chi connectivity index (χ1v) is 7.67. The first-order chi connectivity index (χ1) is 8.49. The van der Waals surface area contributed by atoms with Crippen molar-refractivity contribution in [1.82, 2.24) is 0 Å². The normalized spacial score (nSPS) is 11.2. The van der Waals surface area contributed by atoms with E-state index in [4.69, 9.17) is 11.6 Å². The Kier molecular flexibility index (Phi) is 3.94. The van der Waals surface area contributed by atoms with Crippen LogP contribution < -0.4 is 4.72 Å². The second-order valence-corrected chi connectivity index (χ2v) is 6.55. The molecular formula is C12H9BrClNO2S. The molecule has 1 N–H and O–H groups in total. The van der Waals surface area contributed by atoms with E-state index in [1.165, 1.54) is 12.1 Å². The van der Waals surface area contributed by atoms with Gasteiger partial charge in [-0.1, -0.05) is 45.7 Å². The fraction of sp³-hybridized carbons (Fsp3) is 0. The van der Waals surface area contributed by atoms with Crippen molar-refractivity contribution in [2.75, 3.05) is 4.72 Å². The number of benzene rings is 2. The lowest BCUT2D eigenvalue weighted by molar-refractivity contribution is 0.601. The SMILES string of the molecule is O=S(=O)(Nc1ccc(Br)cc1Cl)c1ccccc1. The Morgan fingerprint density at radius 1 is 1.06 bits per heavy atom. The average Bonchev–Trinajstić information content (AvgIpc) is 2.34. The summed E-state index contributed by atoms with van der Waals surface area (Å²) in [5.74, 6) is 0. The highest BCUT2D eigenvalue weighted by Gasteiger charge is 2.14. The first kappa shape index (κ1) is 13.4. The smallest absolute Gasteiger partial charge is 0.261 e. The standard InChI is InChI=1S/C12H9BrClNO2S/c13-9-6-7-12(11(14)8-9)15-18(16,17)10-4-2-1-3-5-10/h1-8,15H. The molecule has 2 aromatic rings. The van der Waals surface area contributed by atoms with Gasteiger partial charge in [0.1, 0.15) is 0 Å². The Morgan fingerprint density at radius 3 is 2.33 bits per heavy atom. The molecule has 0 spiro atoms. The van der Waals surface area contributed by atoms with Gasteiger partial charge in [0.2, 0.25) is 0 Å². The second-order valence-electron chi connectivity index (χ2n) is 3.54. The molecule has 0 aliphatic rings. The van der Waals surface area contributed by atoms with Crippen LogP contribution in [0.3, 0.4) is 0 Å². The number of rotatable bonds is 3. The lowest BCUT2D eigenvalue weighted by atomic mass is 10.3. The number of hydrogen-bond acceptors (Lipinski definition) is 2. The van der Waals surface area contributed by atoms with E-state index >= 15 is 0 Å². The molecule has 0 aliphatic heterocycles. The summed E-state index contributed by atoms with van der Waals surface area (Å²) in [7, 11) is -3.60. The molecule has 0 saturated carbocycles. The third kappa shape index (κ3) is 3.04. The molecule has 0 atom stereocenters. The molecule has 0 aromatic heterocycles. The van der Waals surface area contributed by atoms with Gasteiger partial charge in [-0.2, -0.15) is 0 Å². The predicted molar refractivity (Wildman–Crippen MR) is 76.4 cm³/mol. The monoisotopic (exact) mass is 345 g/mol. The molecule has 0 aliphatic carbocycles. The molecule has 0 heterocycles. The Balaban J connectivity index is 2.34. The highest BCUT2D eigenvalue weighted by molar-refractivity contribution is 9.10. The summed E-state index contributed by atoms with van der Waals surface area (Å²) in [5, 5.41) is 0.337. The van der Waals surface area contributed by atoms with Gasteiger partial charge in [-0.05, 0) is 30.3 Å². The van der Waals surface area contributed by atoms with E-state index in [-0.39, 0.29) is 4.90 Å². The number of anilines is 1. The molecule has 0 bridgehead atoms. The van der Waals surface area contributed by atoms with Crippen LogP contribution in [0, 0.1) is 0 Å². The number of nitrogens with one attached hydrogen (secondary N) is 1. The van der Waals surface area contributed by atoms with E-state index in [9.17, 15) is 8.42 Å². The molecule has 0 unspecified atom stereocenters. The van der Waals surface area contributed by atoms with Crippen LogP contribution in [0.1, 0.15) is 0 Å². The van der Waals surface area contributed by atoms with E-state index in [0.717, 1.165) is 4.47 Å². The van der Waals surface area contributed by atoms with E-state index in [1.807, 2.05) is 0 Å². The second kappa shape index (κ2) is 5.30. The van der Waals surface area contributed by atoms with Crippen LogP contribution >= 0.6 is 27.5 Å². The van der Waals surface area contributed by atoms with Gasteiger partial charge in [0, 0.05) is 4.47 Å². The number of sulfonamides is 1. The summed E-state index contributed by atoms with van der Waals surface area (Å²) in [6, 6.07) is 13.1. The Bertz CT molecular complexity index is 659. The zero-order chi connectivity index (χ0) is 13.2. The third-order valence-corrected chi connectivity index (χ3v) is 4.42. The summed E-state index contributed by atoms with van der Waals surface area (Å²) in [6.45, 7) is 0. The van der Waals surface area contributed by atoms with Gasteiger partial charge < -0.3 is 0 Å². The van der Waals surface area contributed by atoms with Gasteiger partial charge in [0.15, 0.2) is 0 Å². The first-order valence-electron chi connectivity index (χ1n) is 5.02. The molecule has 3 nitrogen and oxygen atoms in total. The van der Waals surface area contributed by atoms with Gasteiger partial charge in [-0.3, -0.25) is 4.72 Å². The Morgan fingerprint density at radius 2 is 1.72 bits per heavy atom. The summed E-state index contributed by atoms with van der Waals surface area (Å²) >= 11 is 9.23. The zero-order valence-corrected chi connectivity index (χ0v) is 12.3. The number of halogens is 2. The van der Waals surface area contributed by atoms with Gasteiger partial charge in [-0.15, -0.1) is 0 Å². The van der Waals surface area contributed by atoms with E-state index in [2.05, 4.69) is 20.7 Å². The molecule has 94 valence electrons.